The number of nitrogens with one attached hydrogen (secondary N) is 1. The highest BCUT2D eigenvalue weighted by Gasteiger charge is 2.29. The summed E-state index contributed by atoms with van der Waals surface area (Å²) >= 11 is 0. The van der Waals surface area contributed by atoms with Gasteiger partial charge in [0, 0.05) is 19.0 Å². The second-order valence-electron chi connectivity index (χ2n) is 5.56. The number of piperidine rings is 1. The van der Waals surface area contributed by atoms with Gasteiger partial charge in [-0.3, -0.25) is 0 Å². The zero-order valence-electron chi connectivity index (χ0n) is 10.00. The third-order valence-electron chi connectivity index (χ3n) is 4.16. The van der Waals surface area contributed by atoms with Gasteiger partial charge in [-0.15, -0.1) is 0 Å². The van der Waals surface area contributed by atoms with Crippen LogP contribution in [0.2, 0.25) is 0 Å². The molecule has 16 heavy (non-hydrogen) atoms. The summed E-state index contributed by atoms with van der Waals surface area (Å²) in [4.78, 5) is 0. The van der Waals surface area contributed by atoms with E-state index < -0.39 is 6.17 Å². The molecule has 3 atom stereocenters. The molecule has 2 N–H and O–H groups in total. The van der Waals surface area contributed by atoms with E-state index in [0.717, 1.165) is 13.0 Å². The van der Waals surface area contributed by atoms with E-state index in [1.165, 1.54) is 32.1 Å². The van der Waals surface area contributed by atoms with Gasteiger partial charge in [0.1, 0.15) is 6.17 Å². The number of rotatable bonds is 3. The van der Waals surface area contributed by atoms with E-state index in [-0.39, 0.29) is 12.0 Å². The summed E-state index contributed by atoms with van der Waals surface area (Å²) in [6.45, 7) is 1.37. The van der Waals surface area contributed by atoms with Crippen LogP contribution in [-0.4, -0.2) is 30.5 Å². The Bertz CT molecular complexity index is 206. The predicted molar refractivity (Wildman–Crippen MR) is 63.1 cm³/mol. The zero-order chi connectivity index (χ0) is 11.4. The Morgan fingerprint density at radius 3 is 2.62 bits per heavy atom. The van der Waals surface area contributed by atoms with Crippen molar-refractivity contribution in [3.8, 4) is 0 Å². The summed E-state index contributed by atoms with van der Waals surface area (Å²) in [6.07, 6.45) is 6.61. The largest absolute Gasteiger partial charge is 0.392 e. The standard InChI is InChI=1S/C13H24FNO/c14-13(6-10-4-2-1-3-5-10)11-7-12(16)9-15-8-11/h10-13,15-16H,1-9H2. The van der Waals surface area contributed by atoms with Crippen molar-refractivity contribution in [1.29, 1.82) is 0 Å². The summed E-state index contributed by atoms with van der Waals surface area (Å²) in [5.74, 6) is 0.633. The average molecular weight is 229 g/mol. The third-order valence-corrected chi connectivity index (χ3v) is 4.16. The summed E-state index contributed by atoms with van der Waals surface area (Å²) in [5.41, 5.74) is 0. The van der Waals surface area contributed by atoms with Crippen LogP contribution in [0.1, 0.15) is 44.9 Å². The van der Waals surface area contributed by atoms with Crippen LogP contribution in [0.5, 0.6) is 0 Å². The van der Waals surface area contributed by atoms with E-state index in [9.17, 15) is 9.50 Å². The number of aliphatic hydroxyl groups excluding tert-OH is 1. The van der Waals surface area contributed by atoms with Crippen molar-refractivity contribution in [2.45, 2.75) is 57.2 Å². The van der Waals surface area contributed by atoms with Crippen LogP contribution in [0.25, 0.3) is 0 Å². The van der Waals surface area contributed by atoms with Crippen molar-refractivity contribution in [3.05, 3.63) is 0 Å². The van der Waals surface area contributed by atoms with Gasteiger partial charge in [-0.25, -0.2) is 4.39 Å². The number of alkyl halides is 1. The van der Waals surface area contributed by atoms with Gasteiger partial charge in [0.25, 0.3) is 0 Å². The highest BCUT2D eigenvalue weighted by molar-refractivity contribution is 4.82. The molecule has 0 aromatic rings. The van der Waals surface area contributed by atoms with Gasteiger partial charge in [0.15, 0.2) is 0 Å². The molecule has 0 spiro atoms. The zero-order valence-corrected chi connectivity index (χ0v) is 10.00. The van der Waals surface area contributed by atoms with E-state index in [2.05, 4.69) is 5.32 Å². The molecule has 0 amide bonds. The second kappa shape index (κ2) is 5.97. The molecule has 94 valence electrons. The third kappa shape index (κ3) is 3.42. The normalized spacial score (nSPS) is 34.9. The van der Waals surface area contributed by atoms with Crippen LogP contribution < -0.4 is 5.32 Å². The van der Waals surface area contributed by atoms with Crippen molar-refractivity contribution >= 4 is 0 Å². The molecule has 0 aromatic carbocycles. The minimum Gasteiger partial charge on any atom is -0.392 e. The maximum absolute atomic E-state index is 14.1. The fraction of sp³-hybridized carbons (Fsp3) is 1.00. The van der Waals surface area contributed by atoms with Crippen molar-refractivity contribution < 1.29 is 9.50 Å². The Balaban J connectivity index is 1.75. The summed E-state index contributed by atoms with van der Waals surface area (Å²) in [7, 11) is 0. The fourth-order valence-corrected chi connectivity index (χ4v) is 3.16. The van der Waals surface area contributed by atoms with Crippen LogP contribution in [-0.2, 0) is 0 Å². The molecule has 2 fully saturated rings. The van der Waals surface area contributed by atoms with Gasteiger partial charge in [0.2, 0.25) is 0 Å². The monoisotopic (exact) mass is 229 g/mol. The molecule has 2 rings (SSSR count). The van der Waals surface area contributed by atoms with Gasteiger partial charge in [-0.1, -0.05) is 32.1 Å². The van der Waals surface area contributed by atoms with Gasteiger partial charge in [-0.2, -0.15) is 0 Å². The van der Waals surface area contributed by atoms with E-state index >= 15 is 0 Å². The molecule has 0 aromatic heterocycles. The van der Waals surface area contributed by atoms with Crippen LogP contribution in [0, 0.1) is 11.8 Å². The van der Waals surface area contributed by atoms with E-state index in [4.69, 9.17) is 0 Å². The Morgan fingerprint density at radius 1 is 1.19 bits per heavy atom. The van der Waals surface area contributed by atoms with Gasteiger partial charge < -0.3 is 10.4 Å². The Hall–Kier alpha value is -0.150. The topological polar surface area (TPSA) is 32.3 Å². The molecule has 0 bridgehead atoms. The highest BCUT2D eigenvalue weighted by atomic mass is 19.1. The Morgan fingerprint density at radius 2 is 1.94 bits per heavy atom. The smallest absolute Gasteiger partial charge is 0.104 e. The van der Waals surface area contributed by atoms with Crippen LogP contribution >= 0.6 is 0 Å². The molecular formula is C13H24FNO. The second-order valence-corrected chi connectivity index (χ2v) is 5.56. The van der Waals surface area contributed by atoms with Crippen molar-refractivity contribution in [3.63, 3.8) is 0 Å². The first-order chi connectivity index (χ1) is 7.75. The number of β-amino-alcohol motifs (C(OH)–C–C–N with tert-alkyl or cyclic N) is 1. The molecule has 1 saturated carbocycles. The van der Waals surface area contributed by atoms with Gasteiger partial charge >= 0.3 is 0 Å². The highest BCUT2D eigenvalue weighted by Crippen LogP contribution is 2.31. The quantitative estimate of drug-likeness (QED) is 0.778. The van der Waals surface area contributed by atoms with Gasteiger partial charge in [-0.05, 0) is 18.8 Å². The van der Waals surface area contributed by atoms with Crippen LogP contribution in [0.15, 0.2) is 0 Å². The Labute approximate surface area is 97.6 Å². The summed E-state index contributed by atoms with van der Waals surface area (Å²) in [6, 6.07) is 0. The molecular weight excluding hydrogens is 205 g/mol. The molecule has 2 nitrogen and oxygen atoms in total. The SMILES string of the molecule is OC1CNCC(C(F)CC2CCCCC2)C1. The molecule has 1 heterocycles. The first-order valence-electron chi connectivity index (χ1n) is 6.78. The summed E-state index contributed by atoms with van der Waals surface area (Å²) < 4.78 is 14.1. The first kappa shape index (κ1) is 12.3. The fourth-order valence-electron chi connectivity index (χ4n) is 3.16. The lowest BCUT2D eigenvalue weighted by molar-refractivity contribution is 0.0675. The van der Waals surface area contributed by atoms with Crippen molar-refractivity contribution in [1.82, 2.24) is 5.32 Å². The molecule has 1 aliphatic carbocycles. The summed E-state index contributed by atoms with van der Waals surface area (Å²) in [5, 5.41) is 12.6. The molecule has 1 saturated heterocycles. The lowest BCUT2D eigenvalue weighted by Crippen LogP contribution is -2.43. The van der Waals surface area contributed by atoms with E-state index in [1.807, 2.05) is 0 Å². The lowest BCUT2D eigenvalue weighted by atomic mass is 9.81. The number of aliphatic hydroxyl groups is 1. The van der Waals surface area contributed by atoms with Crippen molar-refractivity contribution in [2.75, 3.05) is 13.1 Å². The molecule has 1 aliphatic heterocycles. The number of hydrogen-bond donors (Lipinski definition) is 2. The average Bonchev–Trinajstić information content (AvgIpc) is 2.30. The minimum absolute atomic E-state index is 0.0330. The predicted octanol–water partition coefficient (Wildman–Crippen LogP) is 2.27. The molecule has 2 aliphatic rings. The van der Waals surface area contributed by atoms with Crippen molar-refractivity contribution in [2.24, 2.45) is 11.8 Å². The number of halogens is 1. The molecule has 0 radical (unpaired) electrons. The van der Waals surface area contributed by atoms with Gasteiger partial charge in [0.05, 0.1) is 6.10 Å². The maximum Gasteiger partial charge on any atom is 0.104 e. The molecule has 3 heteroatoms. The maximum atomic E-state index is 14.1. The van der Waals surface area contributed by atoms with E-state index in [0.29, 0.717) is 18.9 Å². The lowest BCUT2D eigenvalue weighted by Gasteiger charge is -2.31. The van der Waals surface area contributed by atoms with E-state index in [1.54, 1.807) is 0 Å². The Kier molecular flexibility index (Phi) is 4.59. The molecule has 3 unspecified atom stereocenters. The number of hydrogen-bond acceptors (Lipinski definition) is 2. The van der Waals surface area contributed by atoms with Crippen LogP contribution in [0.4, 0.5) is 4.39 Å². The minimum atomic E-state index is -0.717. The first-order valence-corrected chi connectivity index (χ1v) is 6.78. The van der Waals surface area contributed by atoms with Crippen LogP contribution in [0.3, 0.4) is 0 Å².